The van der Waals surface area contributed by atoms with Crippen molar-refractivity contribution in [2.24, 2.45) is 0 Å². The molecule has 30 heavy (non-hydrogen) atoms. The first-order chi connectivity index (χ1) is 14.5. The number of hydrogen-bond acceptors (Lipinski definition) is 4. The van der Waals surface area contributed by atoms with Crippen molar-refractivity contribution in [3.63, 3.8) is 0 Å². The molecule has 0 aliphatic carbocycles. The number of pyridine rings is 1. The largest absolute Gasteiger partial charge is 0.322 e. The van der Waals surface area contributed by atoms with Gasteiger partial charge in [-0.3, -0.25) is 9.48 Å². The van der Waals surface area contributed by atoms with Crippen LogP contribution in [-0.4, -0.2) is 30.5 Å². The van der Waals surface area contributed by atoms with E-state index in [1.54, 1.807) is 4.68 Å². The molecule has 0 fully saturated rings. The van der Waals surface area contributed by atoms with E-state index in [-0.39, 0.29) is 5.91 Å². The van der Waals surface area contributed by atoms with Gasteiger partial charge in [-0.2, -0.15) is 10.2 Å². The predicted molar refractivity (Wildman–Crippen MR) is 116 cm³/mol. The van der Waals surface area contributed by atoms with Crippen LogP contribution in [0.3, 0.4) is 0 Å². The second-order valence-corrected chi connectivity index (χ2v) is 8.08. The summed E-state index contributed by atoms with van der Waals surface area (Å²) in [6.07, 6.45) is 3.73. The van der Waals surface area contributed by atoms with Crippen molar-refractivity contribution in [1.29, 1.82) is 0 Å². The predicted octanol–water partition coefficient (Wildman–Crippen LogP) is 4.14. The van der Waals surface area contributed by atoms with Crippen molar-refractivity contribution < 1.29 is 4.79 Å². The zero-order valence-corrected chi connectivity index (χ0v) is 17.6. The van der Waals surface area contributed by atoms with Crippen molar-refractivity contribution in [1.82, 2.24) is 24.5 Å². The number of amides is 1. The number of carbonyl (C=O) groups excluding carboxylic acids is 1. The van der Waals surface area contributed by atoms with Crippen molar-refractivity contribution >= 4 is 34.2 Å². The summed E-state index contributed by atoms with van der Waals surface area (Å²) >= 11 is 6.64. The van der Waals surface area contributed by atoms with Gasteiger partial charge in [0, 0.05) is 24.1 Å². The molecule has 0 bridgehead atoms. The lowest BCUT2D eigenvalue weighted by molar-refractivity contribution is 0.102. The van der Waals surface area contributed by atoms with E-state index < -0.39 is 0 Å². The molecule has 1 aliphatic heterocycles. The van der Waals surface area contributed by atoms with Gasteiger partial charge in [-0.15, -0.1) is 0 Å². The fourth-order valence-corrected chi connectivity index (χ4v) is 4.28. The minimum absolute atomic E-state index is 0.295. The van der Waals surface area contributed by atoms with E-state index >= 15 is 0 Å². The molecular weight excluding hydrogens is 400 g/mol. The van der Waals surface area contributed by atoms with E-state index in [2.05, 4.69) is 31.2 Å². The second kappa shape index (κ2) is 7.25. The number of nitrogens with zero attached hydrogens (tertiary/aromatic N) is 5. The number of fused-ring (bicyclic) bond motifs is 2. The summed E-state index contributed by atoms with van der Waals surface area (Å²) in [5, 5.41) is 13.2. The fourth-order valence-electron chi connectivity index (χ4n) is 3.93. The number of anilines is 1. The first kappa shape index (κ1) is 18.8. The van der Waals surface area contributed by atoms with E-state index in [4.69, 9.17) is 11.6 Å². The third-order valence-electron chi connectivity index (χ3n) is 5.46. The maximum Gasteiger partial charge on any atom is 0.258 e. The average molecular weight is 421 g/mol. The molecule has 1 aromatic carbocycles. The monoisotopic (exact) mass is 420 g/mol. The molecular formula is C22H21ClN6O. The SMILES string of the molecule is Cc1ccc(NC(=O)c2cnc3c(c(C)nn3Cc3cc4n(n3)CCC4)c2Cl)cc1. The Morgan fingerprint density at radius 1 is 1.20 bits per heavy atom. The topological polar surface area (TPSA) is 77.6 Å². The van der Waals surface area contributed by atoms with E-state index in [0.717, 1.165) is 36.3 Å². The van der Waals surface area contributed by atoms with E-state index in [0.29, 0.717) is 33.9 Å². The van der Waals surface area contributed by atoms with E-state index in [1.807, 2.05) is 38.1 Å². The van der Waals surface area contributed by atoms with Crippen molar-refractivity contribution in [3.05, 3.63) is 69.8 Å². The van der Waals surface area contributed by atoms with Crippen molar-refractivity contribution in [2.75, 3.05) is 5.32 Å². The van der Waals surface area contributed by atoms with Gasteiger partial charge >= 0.3 is 0 Å². The van der Waals surface area contributed by atoms with Crippen LogP contribution in [0.25, 0.3) is 11.0 Å². The molecule has 3 aromatic heterocycles. The number of aryl methyl sites for hydroxylation is 4. The molecule has 0 unspecified atom stereocenters. The summed E-state index contributed by atoms with van der Waals surface area (Å²) in [7, 11) is 0. The zero-order chi connectivity index (χ0) is 20.8. The van der Waals surface area contributed by atoms with Crippen LogP contribution in [0.4, 0.5) is 5.69 Å². The number of carbonyl (C=O) groups is 1. The van der Waals surface area contributed by atoms with Crippen LogP contribution >= 0.6 is 11.6 Å². The molecule has 1 aliphatic rings. The number of benzene rings is 1. The molecule has 152 valence electrons. The van der Waals surface area contributed by atoms with Gasteiger partial charge < -0.3 is 5.32 Å². The van der Waals surface area contributed by atoms with Crippen molar-refractivity contribution in [3.8, 4) is 0 Å². The molecule has 4 aromatic rings. The van der Waals surface area contributed by atoms with Gasteiger partial charge in [-0.05, 0) is 44.9 Å². The number of hydrogen-bond donors (Lipinski definition) is 1. The summed E-state index contributed by atoms with van der Waals surface area (Å²) < 4.78 is 3.86. The highest BCUT2D eigenvalue weighted by Crippen LogP contribution is 2.29. The van der Waals surface area contributed by atoms with E-state index in [9.17, 15) is 4.79 Å². The highest BCUT2D eigenvalue weighted by atomic mass is 35.5. The van der Waals surface area contributed by atoms with Gasteiger partial charge in [0.15, 0.2) is 5.65 Å². The van der Waals surface area contributed by atoms with Crippen LogP contribution in [0, 0.1) is 13.8 Å². The van der Waals surface area contributed by atoms with Crippen LogP contribution < -0.4 is 5.32 Å². The van der Waals surface area contributed by atoms with Gasteiger partial charge in [0.25, 0.3) is 5.91 Å². The molecule has 0 saturated carbocycles. The standard InChI is InChI=1S/C22H21ClN6O/c1-13-5-7-15(8-6-13)25-22(30)18-11-24-21-19(20(18)23)14(2)26-29(21)12-16-10-17-4-3-9-28(17)27-16/h5-8,10-11H,3-4,9,12H2,1-2H3,(H,25,30). The van der Waals surface area contributed by atoms with Gasteiger partial charge in [0.2, 0.25) is 0 Å². The molecule has 7 nitrogen and oxygen atoms in total. The fraction of sp³-hybridized carbons (Fsp3) is 0.273. The minimum Gasteiger partial charge on any atom is -0.322 e. The Bertz CT molecular complexity index is 1250. The summed E-state index contributed by atoms with van der Waals surface area (Å²) in [6.45, 7) is 5.36. The molecule has 0 saturated heterocycles. The van der Waals surface area contributed by atoms with Crippen LogP contribution in [0.2, 0.25) is 5.02 Å². The van der Waals surface area contributed by atoms with Crippen molar-refractivity contribution in [2.45, 2.75) is 39.8 Å². The second-order valence-electron chi connectivity index (χ2n) is 7.70. The van der Waals surface area contributed by atoms with Crippen LogP contribution in [0.1, 0.15) is 39.4 Å². The Kier molecular flexibility index (Phi) is 4.55. The minimum atomic E-state index is -0.295. The molecule has 0 spiro atoms. The maximum absolute atomic E-state index is 12.8. The summed E-state index contributed by atoms with van der Waals surface area (Å²) in [5.41, 5.74) is 5.76. The van der Waals surface area contributed by atoms with Gasteiger partial charge in [0.05, 0.1) is 33.9 Å². The van der Waals surface area contributed by atoms with Crippen LogP contribution in [0.5, 0.6) is 0 Å². The third-order valence-corrected chi connectivity index (χ3v) is 5.85. The Morgan fingerprint density at radius 3 is 2.77 bits per heavy atom. The zero-order valence-electron chi connectivity index (χ0n) is 16.8. The van der Waals surface area contributed by atoms with E-state index in [1.165, 1.54) is 11.9 Å². The van der Waals surface area contributed by atoms with Crippen LogP contribution in [-0.2, 0) is 19.5 Å². The van der Waals surface area contributed by atoms with Crippen LogP contribution in [0.15, 0.2) is 36.5 Å². The Hall–Kier alpha value is -3.19. The molecule has 0 radical (unpaired) electrons. The molecule has 1 amide bonds. The molecule has 1 N–H and O–H groups in total. The molecule has 4 heterocycles. The Morgan fingerprint density at radius 2 is 2.00 bits per heavy atom. The summed E-state index contributed by atoms with van der Waals surface area (Å²) in [4.78, 5) is 17.3. The summed E-state index contributed by atoms with van der Waals surface area (Å²) in [5.74, 6) is -0.295. The Balaban J connectivity index is 1.46. The number of nitrogens with one attached hydrogen (secondary N) is 1. The number of halogens is 1. The smallest absolute Gasteiger partial charge is 0.258 e. The molecule has 0 atom stereocenters. The average Bonchev–Trinajstić information content (AvgIpc) is 3.38. The first-order valence-electron chi connectivity index (χ1n) is 9.95. The Labute approximate surface area is 178 Å². The lowest BCUT2D eigenvalue weighted by Crippen LogP contribution is -2.13. The number of aromatic nitrogens is 5. The molecule has 5 rings (SSSR count). The first-order valence-corrected chi connectivity index (χ1v) is 10.3. The lowest BCUT2D eigenvalue weighted by Gasteiger charge is -2.08. The normalized spacial score (nSPS) is 13.0. The van der Waals surface area contributed by atoms with Gasteiger partial charge in [-0.1, -0.05) is 29.3 Å². The quantitative estimate of drug-likeness (QED) is 0.538. The summed E-state index contributed by atoms with van der Waals surface area (Å²) in [6, 6.07) is 9.73. The highest BCUT2D eigenvalue weighted by molar-refractivity contribution is 6.39. The van der Waals surface area contributed by atoms with Gasteiger partial charge in [-0.25, -0.2) is 9.67 Å². The highest BCUT2D eigenvalue weighted by Gasteiger charge is 2.21. The molecule has 8 heteroatoms. The third kappa shape index (κ3) is 3.25. The number of rotatable bonds is 4. The van der Waals surface area contributed by atoms with Gasteiger partial charge in [0.1, 0.15) is 0 Å². The lowest BCUT2D eigenvalue weighted by atomic mass is 10.2. The maximum atomic E-state index is 12.8.